The number of allylic oxidation sites excluding steroid dienone is 5. The molecule has 0 saturated heterocycles. The van der Waals surface area contributed by atoms with E-state index in [-0.39, 0.29) is 18.5 Å². The Labute approximate surface area is 506 Å². The molecule has 478 valence electrons. The van der Waals surface area contributed by atoms with Gasteiger partial charge in [0.2, 0.25) is 5.91 Å². The lowest BCUT2D eigenvalue weighted by atomic mass is 10.0. The summed E-state index contributed by atoms with van der Waals surface area (Å²) in [7, 11) is 0. The Bertz CT molecular complexity index is 1310. The number of hydrogen-bond acceptors (Lipinski definition) is 5. The van der Waals surface area contributed by atoms with E-state index in [0.29, 0.717) is 19.4 Å². The minimum atomic E-state index is -0.848. The van der Waals surface area contributed by atoms with Crippen LogP contribution in [-0.4, -0.2) is 47.4 Å². The van der Waals surface area contributed by atoms with Crippen LogP contribution in [0.2, 0.25) is 0 Å². The van der Waals surface area contributed by atoms with E-state index >= 15 is 0 Å². The molecule has 0 aromatic carbocycles. The fourth-order valence-electron chi connectivity index (χ4n) is 11.6. The van der Waals surface area contributed by atoms with Crippen LogP contribution in [0, 0.1) is 0 Å². The van der Waals surface area contributed by atoms with Gasteiger partial charge >= 0.3 is 5.97 Å². The first-order valence-electron chi connectivity index (χ1n) is 36.8. The van der Waals surface area contributed by atoms with Gasteiger partial charge in [-0.25, -0.2) is 0 Å². The van der Waals surface area contributed by atoms with E-state index in [9.17, 15) is 19.8 Å². The zero-order valence-electron chi connectivity index (χ0n) is 54.8. The van der Waals surface area contributed by atoms with E-state index in [1.165, 1.54) is 334 Å². The van der Waals surface area contributed by atoms with Crippen molar-refractivity contribution in [2.45, 2.75) is 418 Å². The van der Waals surface area contributed by atoms with Crippen LogP contribution >= 0.6 is 0 Å². The van der Waals surface area contributed by atoms with Crippen LogP contribution in [0.25, 0.3) is 0 Å². The van der Waals surface area contributed by atoms with E-state index in [1.54, 1.807) is 6.08 Å². The quantitative estimate of drug-likeness (QED) is 0.0320. The van der Waals surface area contributed by atoms with E-state index < -0.39 is 12.1 Å². The Balaban J connectivity index is 3.44. The monoisotopic (exact) mass is 1140 g/mol. The van der Waals surface area contributed by atoms with Crippen molar-refractivity contribution >= 4 is 11.9 Å². The average molecular weight is 1140 g/mol. The summed E-state index contributed by atoms with van der Waals surface area (Å²) >= 11 is 0. The number of hydrogen-bond donors (Lipinski definition) is 3. The number of aliphatic hydroxyl groups excluding tert-OH is 2. The van der Waals surface area contributed by atoms with Gasteiger partial charge in [-0.1, -0.05) is 365 Å². The van der Waals surface area contributed by atoms with Gasteiger partial charge < -0.3 is 20.3 Å². The second-order valence-electron chi connectivity index (χ2n) is 25.3. The lowest BCUT2D eigenvalue weighted by molar-refractivity contribution is -0.143. The van der Waals surface area contributed by atoms with Gasteiger partial charge in [0.1, 0.15) is 0 Å². The Kier molecular flexibility index (Phi) is 68.9. The summed E-state index contributed by atoms with van der Waals surface area (Å²) in [6.07, 6.45) is 90.9. The highest BCUT2D eigenvalue weighted by atomic mass is 16.5. The van der Waals surface area contributed by atoms with E-state index in [1.807, 2.05) is 6.08 Å². The number of amides is 1. The third-order valence-electron chi connectivity index (χ3n) is 17.2. The molecule has 6 nitrogen and oxygen atoms in total. The molecule has 0 spiro atoms. The molecule has 0 fully saturated rings. The van der Waals surface area contributed by atoms with Gasteiger partial charge in [0.15, 0.2) is 0 Å². The van der Waals surface area contributed by atoms with Crippen LogP contribution in [-0.2, 0) is 14.3 Å². The second kappa shape index (κ2) is 70.6. The summed E-state index contributed by atoms with van der Waals surface area (Å²) in [6.45, 7) is 4.94. The molecule has 0 aromatic heterocycles. The topological polar surface area (TPSA) is 95.9 Å². The summed E-state index contributed by atoms with van der Waals surface area (Å²) in [5.41, 5.74) is 0. The van der Waals surface area contributed by atoms with Gasteiger partial charge in [0, 0.05) is 12.8 Å². The first-order valence-corrected chi connectivity index (χ1v) is 36.8. The molecular weight excluding hydrogens is 995 g/mol. The lowest BCUT2D eigenvalue weighted by Gasteiger charge is -2.20. The van der Waals surface area contributed by atoms with Crippen LogP contribution in [0.4, 0.5) is 0 Å². The van der Waals surface area contributed by atoms with Gasteiger partial charge in [0.25, 0.3) is 0 Å². The standard InChI is InChI=1S/C75H143NO5/c1-3-5-7-9-11-13-15-17-19-20-21-22-30-33-36-40-43-47-51-55-59-63-67-73(78)72(71-77)76-74(79)68-64-60-56-52-48-44-41-37-34-31-28-26-24-23-25-27-29-32-35-38-42-46-50-54-58-62-66-70-81-75(80)69-65-61-57-53-49-45-39-18-16-14-12-10-8-6-4-2/h23-24,27,29,63,67,72-73,77-78H,3-22,25-26,28,30-62,64-66,68-71H2,1-2H3,(H,76,79)/b24-23-,29-27-,67-63+. The van der Waals surface area contributed by atoms with Crippen molar-refractivity contribution in [2.24, 2.45) is 0 Å². The minimum Gasteiger partial charge on any atom is -0.466 e. The van der Waals surface area contributed by atoms with E-state index in [2.05, 4.69) is 43.5 Å². The zero-order valence-corrected chi connectivity index (χ0v) is 54.8. The van der Waals surface area contributed by atoms with Gasteiger partial charge in [-0.05, 0) is 64.2 Å². The van der Waals surface area contributed by atoms with Crippen LogP contribution in [0.5, 0.6) is 0 Å². The number of nitrogens with one attached hydrogen (secondary N) is 1. The summed E-state index contributed by atoms with van der Waals surface area (Å²) in [4.78, 5) is 24.6. The van der Waals surface area contributed by atoms with Crippen molar-refractivity contribution in [3.63, 3.8) is 0 Å². The SMILES string of the molecule is CCCCCCCCCCCCCCCCCCCCCC/C=C/C(O)C(CO)NC(=O)CCCCCCCCCCCCC/C=C\C/C=C\CCCCCCCCCCCOC(=O)CCCCCCCCCCCCCCCCC. The van der Waals surface area contributed by atoms with Crippen LogP contribution in [0.1, 0.15) is 406 Å². The average Bonchev–Trinajstić information content (AvgIpc) is 3.47. The summed E-state index contributed by atoms with van der Waals surface area (Å²) < 4.78 is 5.49. The highest BCUT2D eigenvalue weighted by molar-refractivity contribution is 5.76. The molecule has 0 aliphatic rings. The first-order chi connectivity index (χ1) is 40.0. The number of ether oxygens (including phenoxy) is 1. The summed E-state index contributed by atoms with van der Waals surface area (Å²) in [5.74, 6) is -0.0534. The molecule has 1 amide bonds. The number of unbranched alkanes of at least 4 members (excludes halogenated alkanes) is 54. The Morgan fingerprint density at radius 3 is 0.938 bits per heavy atom. The third-order valence-corrected chi connectivity index (χ3v) is 17.2. The van der Waals surface area contributed by atoms with Crippen molar-refractivity contribution in [1.29, 1.82) is 0 Å². The summed E-state index contributed by atoms with van der Waals surface area (Å²) in [6, 6.07) is -0.632. The molecule has 0 aliphatic carbocycles. The van der Waals surface area contributed by atoms with Crippen LogP contribution in [0.3, 0.4) is 0 Å². The van der Waals surface area contributed by atoms with Gasteiger partial charge in [-0.3, -0.25) is 9.59 Å². The highest BCUT2D eigenvalue weighted by Gasteiger charge is 2.18. The first kappa shape index (κ1) is 79.1. The van der Waals surface area contributed by atoms with Crippen LogP contribution < -0.4 is 5.32 Å². The molecule has 0 aromatic rings. The molecule has 0 aliphatic heterocycles. The third kappa shape index (κ3) is 67.1. The molecule has 0 saturated carbocycles. The lowest BCUT2D eigenvalue weighted by Crippen LogP contribution is -2.45. The van der Waals surface area contributed by atoms with Crippen molar-refractivity contribution in [1.82, 2.24) is 5.32 Å². The molecule has 3 N–H and O–H groups in total. The Hall–Kier alpha value is -1.92. The van der Waals surface area contributed by atoms with Crippen molar-refractivity contribution < 1.29 is 24.5 Å². The number of carbonyl (C=O) groups is 2. The Morgan fingerprint density at radius 2 is 0.617 bits per heavy atom. The normalized spacial score (nSPS) is 12.7. The highest BCUT2D eigenvalue weighted by Crippen LogP contribution is 2.19. The molecular formula is C75H143NO5. The fourth-order valence-corrected chi connectivity index (χ4v) is 11.6. The number of aliphatic hydroxyl groups is 2. The zero-order chi connectivity index (χ0) is 58.5. The largest absolute Gasteiger partial charge is 0.466 e. The van der Waals surface area contributed by atoms with E-state index in [0.717, 1.165) is 44.9 Å². The fraction of sp³-hybridized carbons (Fsp3) is 0.893. The number of rotatable bonds is 69. The molecule has 0 rings (SSSR count). The van der Waals surface area contributed by atoms with Gasteiger partial charge in [-0.15, -0.1) is 0 Å². The molecule has 0 bridgehead atoms. The van der Waals surface area contributed by atoms with Gasteiger partial charge in [-0.2, -0.15) is 0 Å². The molecule has 6 heteroatoms. The predicted molar refractivity (Wildman–Crippen MR) is 356 cm³/mol. The second-order valence-corrected chi connectivity index (χ2v) is 25.3. The van der Waals surface area contributed by atoms with Gasteiger partial charge in [0.05, 0.1) is 25.4 Å². The molecule has 2 unspecified atom stereocenters. The molecule has 0 radical (unpaired) electrons. The molecule has 0 heterocycles. The number of carbonyl (C=O) groups excluding carboxylic acids is 2. The van der Waals surface area contributed by atoms with Crippen LogP contribution in [0.15, 0.2) is 36.5 Å². The maximum absolute atomic E-state index is 12.5. The smallest absolute Gasteiger partial charge is 0.305 e. The van der Waals surface area contributed by atoms with Crippen molar-refractivity contribution in [3.8, 4) is 0 Å². The van der Waals surface area contributed by atoms with Crippen molar-refractivity contribution in [2.75, 3.05) is 13.2 Å². The molecule has 81 heavy (non-hydrogen) atoms. The minimum absolute atomic E-state index is 0.0138. The molecule has 2 atom stereocenters. The Morgan fingerprint density at radius 1 is 0.346 bits per heavy atom. The maximum Gasteiger partial charge on any atom is 0.305 e. The summed E-state index contributed by atoms with van der Waals surface area (Å²) in [5, 5.41) is 23.3. The predicted octanol–water partition coefficient (Wildman–Crippen LogP) is 23.9. The van der Waals surface area contributed by atoms with Crippen molar-refractivity contribution in [3.05, 3.63) is 36.5 Å². The maximum atomic E-state index is 12.5. The van der Waals surface area contributed by atoms with E-state index in [4.69, 9.17) is 4.74 Å². The number of esters is 1.